The number of pyridine rings is 1. The summed E-state index contributed by atoms with van der Waals surface area (Å²) in [4.78, 5) is 52.1. The molecule has 1 unspecified atom stereocenters. The number of carboxylic acids is 1. The lowest BCUT2D eigenvalue weighted by Crippen LogP contribution is -2.32. The van der Waals surface area contributed by atoms with E-state index in [1.807, 2.05) is 25.1 Å². The van der Waals surface area contributed by atoms with Crippen LogP contribution in [-0.2, 0) is 20.8 Å². The number of nitrogens with two attached hydrogens (primary N) is 1. The van der Waals surface area contributed by atoms with Crippen LogP contribution in [0.15, 0.2) is 60.8 Å². The zero-order valence-electron chi connectivity index (χ0n) is 22.2. The second-order valence-corrected chi connectivity index (χ2v) is 8.90. The van der Waals surface area contributed by atoms with Gasteiger partial charge in [0.15, 0.2) is 5.78 Å². The average Bonchev–Trinajstić information content (AvgIpc) is 2.93. The second-order valence-electron chi connectivity index (χ2n) is 8.90. The summed E-state index contributed by atoms with van der Waals surface area (Å²) >= 11 is 0. The van der Waals surface area contributed by atoms with E-state index < -0.39 is 18.0 Å². The number of methoxy groups -OCH3 is 1. The summed E-state index contributed by atoms with van der Waals surface area (Å²) in [5, 5.41) is 20.3. The number of ketones is 1. The molecule has 1 heterocycles. The minimum Gasteiger partial charge on any atom is -0.495 e. The lowest BCUT2D eigenvalue weighted by atomic mass is 10.1. The van der Waals surface area contributed by atoms with Gasteiger partial charge in [-0.15, -0.1) is 0 Å². The SMILES string of the molecule is COc1cc(CC(=O)Nc2ccc(C(CC(=O)O)NCC(=O)CN)nc2)ccc1NC(=O)Nc1ccccc1C. The number of para-hydroxylation sites is 1. The number of carbonyl (C=O) groups is 4. The van der Waals surface area contributed by atoms with E-state index in [1.165, 1.54) is 13.3 Å². The number of nitrogens with one attached hydrogen (secondary N) is 4. The number of nitrogens with zero attached hydrogens (tertiary/aromatic N) is 1. The summed E-state index contributed by atoms with van der Waals surface area (Å²) in [6.07, 6.45) is 1.16. The zero-order valence-corrected chi connectivity index (χ0v) is 22.2. The first-order valence-corrected chi connectivity index (χ1v) is 12.4. The molecule has 12 nitrogen and oxygen atoms in total. The summed E-state index contributed by atoms with van der Waals surface area (Å²) in [7, 11) is 1.47. The summed E-state index contributed by atoms with van der Waals surface area (Å²) in [5.41, 5.74) is 8.83. The molecule has 40 heavy (non-hydrogen) atoms. The van der Waals surface area contributed by atoms with Gasteiger partial charge in [0, 0.05) is 5.69 Å². The van der Waals surface area contributed by atoms with E-state index in [2.05, 4.69) is 26.3 Å². The Morgan fingerprint density at radius 1 is 1.00 bits per heavy atom. The van der Waals surface area contributed by atoms with Crippen molar-refractivity contribution in [3.8, 4) is 5.75 Å². The zero-order chi connectivity index (χ0) is 29.1. The number of rotatable bonds is 13. The smallest absolute Gasteiger partial charge is 0.323 e. The van der Waals surface area contributed by atoms with Crippen LogP contribution in [0.1, 0.15) is 29.3 Å². The Labute approximate surface area is 231 Å². The molecule has 12 heteroatoms. The van der Waals surface area contributed by atoms with Crippen molar-refractivity contribution in [2.24, 2.45) is 5.73 Å². The molecule has 210 valence electrons. The topological polar surface area (TPSA) is 185 Å². The van der Waals surface area contributed by atoms with Gasteiger partial charge in [-0.3, -0.25) is 19.4 Å². The van der Waals surface area contributed by atoms with Gasteiger partial charge < -0.3 is 36.8 Å². The van der Waals surface area contributed by atoms with Crippen LogP contribution in [0.2, 0.25) is 0 Å². The van der Waals surface area contributed by atoms with E-state index >= 15 is 0 Å². The maximum absolute atomic E-state index is 12.7. The molecule has 0 saturated carbocycles. The number of ether oxygens (including phenoxy) is 1. The molecule has 0 fully saturated rings. The van der Waals surface area contributed by atoms with Crippen molar-refractivity contribution in [3.05, 3.63) is 77.6 Å². The molecule has 3 rings (SSSR count). The molecule has 2 aromatic carbocycles. The normalized spacial score (nSPS) is 11.3. The van der Waals surface area contributed by atoms with Crippen LogP contribution in [0, 0.1) is 6.92 Å². The van der Waals surface area contributed by atoms with Gasteiger partial charge in [-0.25, -0.2) is 4.79 Å². The molecule has 0 bridgehead atoms. The average molecular weight is 549 g/mol. The van der Waals surface area contributed by atoms with Crippen LogP contribution in [0.25, 0.3) is 0 Å². The Morgan fingerprint density at radius 3 is 2.40 bits per heavy atom. The molecule has 0 aliphatic carbocycles. The highest BCUT2D eigenvalue weighted by molar-refractivity contribution is 6.01. The Bertz CT molecular complexity index is 1360. The number of hydrogen-bond donors (Lipinski definition) is 6. The predicted octanol–water partition coefficient (Wildman–Crippen LogP) is 2.86. The first-order valence-electron chi connectivity index (χ1n) is 12.4. The van der Waals surface area contributed by atoms with E-state index in [0.717, 1.165) is 5.56 Å². The highest BCUT2D eigenvalue weighted by atomic mass is 16.5. The molecule has 0 spiro atoms. The fourth-order valence-corrected chi connectivity index (χ4v) is 3.78. The number of Topliss-reactive ketones (excluding diaryl/α,β-unsaturated/α-hetero) is 1. The molecule has 3 amide bonds. The number of aliphatic carboxylic acids is 1. The van der Waals surface area contributed by atoms with E-state index in [-0.39, 0.29) is 37.6 Å². The van der Waals surface area contributed by atoms with Gasteiger partial charge in [-0.05, 0) is 48.4 Å². The van der Waals surface area contributed by atoms with E-state index in [0.29, 0.717) is 34.1 Å². The summed E-state index contributed by atoms with van der Waals surface area (Å²) in [5.74, 6) is -1.24. The van der Waals surface area contributed by atoms with Crippen molar-refractivity contribution in [1.82, 2.24) is 10.3 Å². The third-order valence-corrected chi connectivity index (χ3v) is 5.85. The van der Waals surface area contributed by atoms with Gasteiger partial charge in [0.05, 0.1) is 62.3 Å². The predicted molar refractivity (Wildman–Crippen MR) is 150 cm³/mol. The Morgan fingerprint density at radius 2 is 1.75 bits per heavy atom. The fraction of sp³-hybridized carbons (Fsp3) is 0.250. The summed E-state index contributed by atoms with van der Waals surface area (Å²) in [6.45, 7) is 1.66. The molecule has 7 N–H and O–H groups in total. The number of aryl methyl sites for hydroxylation is 1. The van der Waals surface area contributed by atoms with E-state index in [1.54, 1.807) is 36.4 Å². The number of carboxylic acid groups (broad SMARTS) is 1. The van der Waals surface area contributed by atoms with Crippen molar-refractivity contribution < 1.29 is 29.0 Å². The minimum absolute atomic E-state index is 0.0260. The van der Waals surface area contributed by atoms with Gasteiger partial charge in [-0.2, -0.15) is 0 Å². The van der Waals surface area contributed by atoms with Crippen LogP contribution in [0.4, 0.5) is 21.9 Å². The van der Waals surface area contributed by atoms with Gasteiger partial charge in [0.25, 0.3) is 0 Å². The molecular formula is C28H32N6O6. The van der Waals surface area contributed by atoms with Crippen LogP contribution in [-0.4, -0.2) is 54.0 Å². The Hall–Kier alpha value is -4.81. The van der Waals surface area contributed by atoms with Crippen LogP contribution >= 0.6 is 0 Å². The number of hydrogen-bond acceptors (Lipinski definition) is 8. The third-order valence-electron chi connectivity index (χ3n) is 5.85. The van der Waals surface area contributed by atoms with Crippen molar-refractivity contribution in [2.75, 3.05) is 36.1 Å². The maximum Gasteiger partial charge on any atom is 0.323 e. The fourth-order valence-electron chi connectivity index (χ4n) is 3.78. The van der Waals surface area contributed by atoms with Crippen LogP contribution in [0.3, 0.4) is 0 Å². The lowest BCUT2D eigenvalue weighted by molar-refractivity contribution is -0.137. The largest absolute Gasteiger partial charge is 0.495 e. The number of urea groups is 1. The van der Waals surface area contributed by atoms with E-state index in [9.17, 15) is 24.3 Å². The Balaban J connectivity index is 1.60. The number of aromatic nitrogens is 1. The van der Waals surface area contributed by atoms with Crippen LogP contribution < -0.4 is 31.7 Å². The van der Waals surface area contributed by atoms with E-state index in [4.69, 9.17) is 10.5 Å². The number of carbonyl (C=O) groups excluding carboxylic acids is 3. The number of benzene rings is 2. The second kappa shape index (κ2) is 14.4. The molecule has 0 aliphatic rings. The van der Waals surface area contributed by atoms with Gasteiger partial charge in [0.1, 0.15) is 5.75 Å². The highest BCUT2D eigenvalue weighted by Gasteiger charge is 2.18. The first kappa shape index (κ1) is 29.7. The monoisotopic (exact) mass is 548 g/mol. The number of amides is 3. The highest BCUT2D eigenvalue weighted by Crippen LogP contribution is 2.26. The quantitative estimate of drug-likeness (QED) is 0.187. The minimum atomic E-state index is -1.06. The summed E-state index contributed by atoms with van der Waals surface area (Å²) in [6, 6.07) is 14.5. The number of anilines is 3. The third kappa shape index (κ3) is 8.89. The Kier molecular flexibility index (Phi) is 10.7. The molecule has 3 aromatic rings. The molecule has 1 atom stereocenters. The molecule has 1 aromatic heterocycles. The van der Waals surface area contributed by atoms with Gasteiger partial charge in [0.2, 0.25) is 5.91 Å². The van der Waals surface area contributed by atoms with Crippen molar-refractivity contribution in [3.63, 3.8) is 0 Å². The van der Waals surface area contributed by atoms with Crippen molar-refractivity contribution in [2.45, 2.75) is 25.8 Å². The van der Waals surface area contributed by atoms with Crippen molar-refractivity contribution in [1.29, 1.82) is 0 Å². The summed E-state index contributed by atoms with van der Waals surface area (Å²) < 4.78 is 5.41. The first-order chi connectivity index (χ1) is 19.2. The van der Waals surface area contributed by atoms with Gasteiger partial charge in [-0.1, -0.05) is 24.3 Å². The van der Waals surface area contributed by atoms with Crippen molar-refractivity contribution >= 4 is 40.8 Å². The molecular weight excluding hydrogens is 516 g/mol. The maximum atomic E-state index is 12.7. The molecule has 0 saturated heterocycles. The standard InChI is InChI=1S/C28H32N6O6/c1-17-5-3-4-6-21(17)33-28(39)34-23-9-7-18(11-25(23)40-2)12-26(36)32-19-8-10-22(30-15-19)24(13-27(37)38)31-16-20(35)14-29/h3-11,15,24,31H,12-14,16,29H2,1-2H3,(H,32,36)(H,37,38)(H2,33,34,39). The molecule has 0 aliphatic heterocycles. The van der Waals surface area contributed by atoms with Gasteiger partial charge >= 0.3 is 12.0 Å². The molecule has 0 radical (unpaired) electrons. The van der Waals surface area contributed by atoms with Crippen LogP contribution in [0.5, 0.6) is 5.75 Å². The lowest BCUT2D eigenvalue weighted by Gasteiger charge is -2.16.